The van der Waals surface area contributed by atoms with Gasteiger partial charge in [0, 0.05) is 11.6 Å². The van der Waals surface area contributed by atoms with Crippen LogP contribution >= 0.6 is 0 Å². The Morgan fingerprint density at radius 1 is 1.19 bits per heavy atom. The van der Waals surface area contributed by atoms with Gasteiger partial charge in [-0.2, -0.15) is 0 Å². The van der Waals surface area contributed by atoms with Crippen LogP contribution in [0.1, 0.15) is 32.3 Å². The lowest BCUT2D eigenvalue weighted by molar-refractivity contribution is -0.166. The summed E-state index contributed by atoms with van der Waals surface area (Å²) >= 11 is 0. The lowest BCUT2D eigenvalue weighted by Crippen LogP contribution is -2.57. The SMILES string of the molecule is Cc1ccc(N2C[C@]23C(=O)O[C@@H]2[C@H]3CC[C@H](C)[C@]3(O)C=CC(=O)[C@@]23C)cc1. The number of carbonyl (C=O) groups is 2. The first-order valence-corrected chi connectivity index (χ1v) is 9.76. The summed E-state index contributed by atoms with van der Waals surface area (Å²) in [6.45, 7) is 6.41. The molecule has 1 spiro atoms. The van der Waals surface area contributed by atoms with Crippen molar-refractivity contribution in [3.05, 3.63) is 42.0 Å². The third-order valence-corrected chi connectivity index (χ3v) is 7.75. The number of aryl methyl sites for hydroxylation is 1. The molecule has 2 aliphatic heterocycles. The summed E-state index contributed by atoms with van der Waals surface area (Å²) in [6.07, 6.45) is 4.02. The third kappa shape index (κ3) is 1.83. The van der Waals surface area contributed by atoms with Crippen molar-refractivity contribution in [2.75, 3.05) is 11.4 Å². The summed E-state index contributed by atoms with van der Waals surface area (Å²) in [5.74, 6) is -0.563. The highest BCUT2D eigenvalue weighted by Gasteiger charge is 2.77. The van der Waals surface area contributed by atoms with E-state index in [-0.39, 0.29) is 23.6 Å². The van der Waals surface area contributed by atoms with Gasteiger partial charge in [0.1, 0.15) is 11.7 Å². The van der Waals surface area contributed by atoms with Crippen molar-refractivity contribution in [1.82, 2.24) is 0 Å². The van der Waals surface area contributed by atoms with Gasteiger partial charge in [0.2, 0.25) is 0 Å². The number of allylic oxidation sites excluding steroid dienone is 1. The van der Waals surface area contributed by atoms with Gasteiger partial charge in [0.25, 0.3) is 0 Å². The van der Waals surface area contributed by atoms with Crippen LogP contribution in [0, 0.1) is 24.2 Å². The first-order chi connectivity index (χ1) is 12.7. The Morgan fingerprint density at radius 2 is 1.89 bits per heavy atom. The molecule has 1 aromatic carbocycles. The van der Waals surface area contributed by atoms with E-state index in [1.54, 1.807) is 13.0 Å². The Labute approximate surface area is 159 Å². The molecule has 27 heavy (non-hydrogen) atoms. The van der Waals surface area contributed by atoms with Crippen LogP contribution in [0.15, 0.2) is 36.4 Å². The van der Waals surface area contributed by atoms with E-state index in [9.17, 15) is 14.7 Å². The molecule has 142 valence electrons. The Balaban J connectivity index is 1.57. The first kappa shape index (κ1) is 17.0. The van der Waals surface area contributed by atoms with Gasteiger partial charge in [-0.3, -0.25) is 4.79 Å². The minimum Gasteiger partial charge on any atom is -0.459 e. The van der Waals surface area contributed by atoms with Gasteiger partial charge in [-0.1, -0.05) is 24.6 Å². The van der Waals surface area contributed by atoms with Crippen LogP contribution in [-0.2, 0) is 14.3 Å². The maximum absolute atomic E-state index is 13.0. The summed E-state index contributed by atoms with van der Waals surface area (Å²) in [5, 5.41) is 11.4. The van der Waals surface area contributed by atoms with E-state index in [0.717, 1.165) is 18.5 Å². The van der Waals surface area contributed by atoms with Gasteiger partial charge in [-0.25, -0.2) is 4.79 Å². The number of anilines is 1. The number of aliphatic hydroxyl groups is 1. The standard InChI is InChI=1S/C22H25NO4/c1-13-4-7-15(8-5-13)23-12-21(23)16-9-6-14(2)22(26)11-10-17(24)20(22,3)18(16)27-19(21)25/h4-5,7-8,10-11,14,16,18,26H,6,9,12H2,1-3H3/t14-,16+,18+,20-,21-,22+,23?/m0/s1. The zero-order chi connectivity index (χ0) is 19.2. The van der Waals surface area contributed by atoms with E-state index >= 15 is 0 Å². The molecule has 2 heterocycles. The van der Waals surface area contributed by atoms with Crippen molar-refractivity contribution >= 4 is 17.4 Å². The van der Waals surface area contributed by atoms with Crippen LogP contribution in [0.4, 0.5) is 5.69 Å². The number of rotatable bonds is 1. The number of hydrogen-bond donors (Lipinski definition) is 1. The number of ketones is 1. The minimum atomic E-state index is -1.26. The molecule has 1 aromatic rings. The number of hydrogen-bond acceptors (Lipinski definition) is 5. The second kappa shape index (κ2) is 5.02. The zero-order valence-corrected chi connectivity index (χ0v) is 15.9. The lowest BCUT2D eigenvalue weighted by Gasteiger charge is -2.43. The molecule has 6 atom stereocenters. The smallest absolute Gasteiger partial charge is 0.334 e. The highest BCUT2D eigenvalue weighted by atomic mass is 16.6. The number of ether oxygens (including phenoxy) is 1. The second-order valence-electron chi connectivity index (χ2n) is 8.98. The molecule has 1 N–H and O–H groups in total. The second-order valence-corrected chi connectivity index (χ2v) is 8.98. The molecular formula is C22H25NO4. The number of esters is 1. The quantitative estimate of drug-likeness (QED) is 0.610. The van der Waals surface area contributed by atoms with E-state index in [0.29, 0.717) is 6.54 Å². The lowest BCUT2D eigenvalue weighted by atomic mass is 9.64. The summed E-state index contributed by atoms with van der Waals surface area (Å²) < 4.78 is 5.90. The molecule has 5 heteroatoms. The van der Waals surface area contributed by atoms with E-state index < -0.39 is 22.7 Å². The summed E-state index contributed by atoms with van der Waals surface area (Å²) in [7, 11) is 0. The fourth-order valence-electron chi connectivity index (χ4n) is 5.80. The van der Waals surface area contributed by atoms with Gasteiger partial charge < -0.3 is 14.7 Å². The predicted molar refractivity (Wildman–Crippen MR) is 100 cm³/mol. The molecule has 2 aliphatic carbocycles. The van der Waals surface area contributed by atoms with Gasteiger partial charge in [-0.05, 0) is 56.9 Å². The highest BCUT2D eigenvalue weighted by molar-refractivity contribution is 6.02. The number of carbonyl (C=O) groups excluding carboxylic acids is 2. The fourth-order valence-corrected chi connectivity index (χ4v) is 5.80. The van der Waals surface area contributed by atoms with Crippen LogP contribution in [-0.4, -0.2) is 40.6 Å². The number of fused-ring (bicyclic) bond motifs is 4. The Bertz CT molecular complexity index is 877. The molecule has 0 aromatic heterocycles. The summed E-state index contributed by atoms with van der Waals surface area (Å²) in [6, 6.07) is 8.15. The molecule has 5 nitrogen and oxygen atoms in total. The Kier molecular flexibility index (Phi) is 3.16. The van der Waals surface area contributed by atoms with Crippen molar-refractivity contribution < 1.29 is 19.4 Å². The largest absolute Gasteiger partial charge is 0.459 e. The molecule has 3 fully saturated rings. The Morgan fingerprint density at radius 3 is 2.59 bits per heavy atom. The maximum atomic E-state index is 13.0. The van der Waals surface area contributed by atoms with Gasteiger partial charge in [0.05, 0.1) is 12.0 Å². The average Bonchev–Trinajstić information content (AvgIpc) is 3.28. The molecule has 4 aliphatic rings. The fraction of sp³-hybridized carbons (Fsp3) is 0.545. The number of benzene rings is 1. The van der Waals surface area contributed by atoms with Crippen molar-refractivity contribution in [2.45, 2.75) is 50.9 Å². The van der Waals surface area contributed by atoms with Gasteiger partial charge >= 0.3 is 5.97 Å². The Hall–Kier alpha value is -2.14. The maximum Gasteiger partial charge on any atom is 0.334 e. The van der Waals surface area contributed by atoms with Crippen molar-refractivity contribution in [3.8, 4) is 0 Å². The first-order valence-electron chi connectivity index (χ1n) is 9.76. The molecule has 2 saturated heterocycles. The van der Waals surface area contributed by atoms with Crippen LogP contribution in [0.25, 0.3) is 0 Å². The van der Waals surface area contributed by atoms with Crippen molar-refractivity contribution in [1.29, 1.82) is 0 Å². The monoisotopic (exact) mass is 367 g/mol. The van der Waals surface area contributed by atoms with Crippen LogP contribution in [0.3, 0.4) is 0 Å². The van der Waals surface area contributed by atoms with Gasteiger partial charge in [0.15, 0.2) is 11.3 Å². The summed E-state index contributed by atoms with van der Waals surface area (Å²) in [5.41, 5.74) is -0.902. The molecule has 5 rings (SSSR count). The summed E-state index contributed by atoms with van der Waals surface area (Å²) in [4.78, 5) is 28.0. The number of nitrogens with zero attached hydrogens (tertiary/aromatic N) is 1. The average molecular weight is 367 g/mol. The van der Waals surface area contributed by atoms with E-state index in [2.05, 4.69) is 4.90 Å². The normalized spacial score (nSPS) is 44.9. The van der Waals surface area contributed by atoms with Crippen LogP contribution < -0.4 is 4.90 Å². The molecule has 0 amide bonds. The molecule has 1 saturated carbocycles. The van der Waals surface area contributed by atoms with Crippen molar-refractivity contribution in [2.24, 2.45) is 17.3 Å². The molecule has 0 radical (unpaired) electrons. The van der Waals surface area contributed by atoms with Gasteiger partial charge in [-0.15, -0.1) is 0 Å². The molecule has 0 unspecified atom stereocenters. The van der Waals surface area contributed by atoms with E-state index in [4.69, 9.17) is 4.74 Å². The molecular weight excluding hydrogens is 342 g/mol. The predicted octanol–water partition coefficient (Wildman–Crippen LogP) is 2.40. The molecule has 0 bridgehead atoms. The van der Waals surface area contributed by atoms with E-state index in [1.165, 1.54) is 11.6 Å². The van der Waals surface area contributed by atoms with Crippen LogP contribution in [0.5, 0.6) is 0 Å². The third-order valence-electron chi connectivity index (χ3n) is 7.75. The zero-order valence-electron chi connectivity index (χ0n) is 15.9. The van der Waals surface area contributed by atoms with Crippen LogP contribution in [0.2, 0.25) is 0 Å². The highest BCUT2D eigenvalue weighted by Crippen LogP contribution is 2.62. The topological polar surface area (TPSA) is 66.6 Å². The van der Waals surface area contributed by atoms with Crippen molar-refractivity contribution in [3.63, 3.8) is 0 Å². The van der Waals surface area contributed by atoms with E-state index in [1.807, 2.05) is 38.1 Å². The minimum absolute atomic E-state index is 0.0712.